The summed E-state index contributed by atoms with van der Waals surface area (Å²) in [5, 5.41) is 11.9. The van der Waals surface area contributed by atoms with Crippen molar-refractivity contribution in [2.75, 3.05) is 38.3 Å². The van der Waals surface area contributed by atoms with Gasteiger partial charge in [0.2, 0.25) is 0 Å². The zero-order valence-electron chi connectivity index (χ0n) is 14.3. The lowest BCUT2D eigenvalue weighted by molar-refractivity contribution is -0.117. The summed E-state index contributed by atoms with van der Waals surface area (Å²) in [6.45, 7) is 3.29. The van der Waals surface area contributed by atoms with Crippen LogP contribution in [0.2, 0.25) is 0 Å². The number of nitrogens with zero attached hydrogens (tertiary/aromatic N) is 2. The third kappa shape index (κ3) is 5.39. The minimum Gasteiger partial charge on any atom is -0.385 e. The SMILES string of the molecule is COCCCNC(=O)/C(C#N)=C/c1ccc(N2CCCCC2)cc1. The normalized spacial score (nSPS) is 15.0. The van der Waals surface area contributed by atoms with Crippen LogP contribution in [0.4, 0.5) is 5.69 Å². The van der Waals surface area contributed by atoms with Crippen LogP contribution in [0.5, 0.6) is 0 Å². The molecule has 0 bridgehead atoms. The minimum absolute atomic E-state index is 0.123. The van der Waals surface area contributed by atoms with E-state index in [-0.39, 0.29) is 11.5 Å². The lowest BCUT2D eigenvalue weighted by Crippen LogP contribution is -2.29. The minimum atomic E-state index is -0.339. The van der Waals surface area contributed by atoms with Crippen molar-refractivity contribution in [3.05, 3.63) is 35.4 Å². The highest BCUT2D eigenvalue weighted by Gasteiger charge is 2.11. The van der Waals surface area contributed by atoms with Crippen molar-refractivity contribution < 1.29 is 9.53 Å². The standard InChI is InChI=1S/C19H25N3O2/c1-24-13-5-10-21-19(23)17(15-20)14-16-6-8-18(9-7-16)22-11-3-2-4-12-22/h6-9,14H,2-5,10-13H2,1H3,(H,21,23)/b17-14+. The zero-order chi connectivity index (χ0) is 17.2. The summed E-state index contributed by atoms with van der Waals surface area (Å²) in [6, 6.07) is 10.0. The second-order valence-corrected chi connectivity index (χ2v) is 5.91. The summed E-state index contributed by atoms with van der Waals surface area (Å²) in [5.74, 6) is -0.339. The fourth-order valence-electron chi connectivity index (χ4n) is 2.76. The summed E-state index contributed by atoms with van der Waals surface area (Å²) in [4.78, 5) is 14.4. The first-order valence-electron chi connectivity index (χ1n) is 8.48. The highest BCUT2D eigenvalue weighted by Crippen LogP contribution is 2.21. The van der Waals surface area contributed by atoms with Gasteiger partial charge in [-0.25, -0.2) is 0 Å². The smallest absolute Gasteiger partial charge is 0.261 e. The number of amides is 1. The molecule has 128 valence electrons. The number of benzene rings is 1. The van der Waals surface area contributed by atoms with Crippen LogP contribution < -0.4 is 10.2 Å². The molecule has 0 spiro atoms. The van der Waals surface area contributed by atoms with E-state index in [1.54, 1.807) is 13.2 Å². The number of carbonyl (C=O) groups is 1. The number of hydrogen-bond donors (Lipinski definition) is 1. The molecule has 5 nitrogen and oxygen atoms in total. The Morgan fingerprint density at radius 2 is 2.00 bits per heavy atom. The Balaban J connectivity index is 1.97. The lowest BCUT2D eigenvalue weighted by Gasteiger charge is -2.28. The van der Waals surface area contributed by atoms with Gasteiger partial charge in [-0.05, 0) is 49.5 Å². The number of ether oxygens (including phenoxy) is 1. The van der Waals surface area contributed by atoms with Crippen LogP contribution in [0.1, 0.15) is 31.2 Å². The van der Waals surface area contributed by atoms with Gasteiger partial charge in [0.05, 0.1) is 0 Å². The number of hydrogen-bond acceptors (Lipinski definition) is 4. The van der Waals surface area contributed by atoms with Gasteiger partial charge in [-0.3, -0.25) is 4.79 Å². The van der Waals surface area contributed by atoms with Gasteiger partial charge in [-0.2, -0.15) is 5.26 Å². The molecular weight excluding hydrogens is 302 g/mol. The highest BCUT2D eigenvalue weighted by atomic mass is 16.5. The molecule has 0 radical (unpaired) electrons. The van der Waals surface area contributed by atoms with Crippen molar-refractivity contribution >= 4 is 17.7 Å². The van der Waals surface area contributed by atoms with Crippen molar-refractivity contribution in [2.24, 2.45) is 0 Å². The van der Waals surface area contributed by atoms with Gasteiger partial charge in [-0.1, -0.05) is 12.1 Å². The lowest BCUT2D eigenvalue weighted by atomic mass is 10.1. The first kappa shape index (κ1) is 18.0. The molecule has 24 heavy (non-hydrogen) atoms. The number of anilines is 1. The molecule has 5 heteroatoms. The van der Waals surface area contributed by atoms with E-state index in [0.29, 0.717) is 13.2 Å². The Labute approximate surface area is 143 Å². The monoisotopic (exact) mass is 327 g/mol. The maximum atomic E-state index is 12.0. The number of methoxy groups -OCH3 is 1. The molecule has 1 heterocycles. The van der Waals surface area contributed by atoms with Gasteiger partial charge in [0.25, 0.3) is 5.91 Å². The predicted octanol–water partition coefficient (Wildman–Crippen LogP) is 2.74. The summed E-state index contributed by atoms with van der Waals surface area (Å²) >= 11 is 0. The van der Waals surface area contributed by atoms with E-state index >= 15 is 0 Å². The predicted molar refractivity (Wildman–Crippen MR) is 95.6 cm³/mol. The van der Waals surface area contributed by atoms with Crippen molar-refractivity contribution in [1.82, 2.24) is 5.32 Å². The molecule has 0 saturated carbocycles. The van der Waals surface area contributed by atoms with E-state index in [9.17, 15) is 10.1 Å². The second-order valence-electron chi connectivity index (χ2n) is 5.91. The zero-order valence-corrected chi connectivity index (χ0v) is 14.3. The molecule has 1 amide bonds. The third-order valence-corrected chi connectivity index (χ3v) is 4.10. The number of nitrogens with one attached hydrogen (secondary N) is 1. The van der Waals surface area contributed by atoms with Crippen LogP contribution in [-0.2, 0) is 9.53 Å². The molecule has 0 atom stereocenters. The van der Waals surface area contributed by atoms with E-state index in [1.807, 2.05) is 18.2 Å². The van der Waals surface area contributed by atoms with Gasteiger partial charge in [-0.15, -0.1) is 0 Å². The number of carbonyl (C=O) groups excluding carboxylic acids is 1. The maximum Gasteiger partial charge on any atom is 0.261 e. The Bertz CT molecular complexity index is 596. The molecule has 1 aromatic rings. The van der Waals surface area contributed by atoms with E-state index in [0.717, 1.165) is 25.1 Å². The second kappa shape index (κ2) is 9.74. The van der Waals surface area contributed by atoms with Crippen molar-refractivity contribution in [3.8, 4) is 6.07 Å². The van der Waals surface area contributed by atoms with Crippen molar-refractivity contribution in [2.45, 2.75) is 25.7 Å². The fraction of sp³-hybridized carbons (Fsp3) is 0.474. The van der Waals surface area contributed by atoms with Gasteiger partial charge < -0.3 is 15.0 Å². The molecule has 1 aliphatic rings. The largest absolute Gasteiger partial charge is 0.385 e. The van der Waals surface area contributed by atoms with Crippen molar-refractivity contribution in [1.29, 1.82) is 5.26 Å². The van der Waals surface area contributed by atoms with E-state index in [4.69, 9.17) is 4.74 Å². The molecule has 0 unspecified atom stereocenters. The Hall–Kier alpha value is -2.32. The number of nitriles is 1. The first-order chi connectivity index (χ1) is 11.7. The topological polar surface area (TPSA) is 65.4 Å². The van der Waals surface area contributed by atoms with Crippen LogP contribution in [0.15, 0.2) is 29.8 Å². The van der Waals surface area contributed by atoms with Gasteiger partial charge in [0.1, 0.15) is 11.6 Å². The van der Waals surface area contributed by atoms with E-state index in [1.165, 1.54) is 24.9 Å². The Kier molecular flexibility index (Phi) is 7.31. The molecule has 0 aliphatic carbocycles. The fourth-order valence-corrected chi connectivity index (χ4v) is 2.76. The van der Waals surface area contributed by atoms with Crippen molar-refractivity contribution in [3.63, 3.8) is 0 Å². The molecule has 1 aromatic carbocycles. The van der Waals surface area contributed by atoms with Gasteiger partial charge in [0, 0.05) is 39.0 Å². The number of piperidine rings is 1. The first-order valence-corrected chi connectivity index (χ1v) is 8.48. The average molecular weight is 327 g/mol. The van der Waals surface area contributed by atoms with Gasteiger partial charge >= 0.3 is 0 Å². The summed E-state index contributed by atoms with van der Waals surface area (Å²) in [7, 11) is 1.62. The van der Waals surface area contributed by atoms with E-state index < -0.39 is 0 Å². The average Bonchev–Trinajstić information content (AvgIpc) is 2.64. The number of rotatable bonds is 7. The Morgan fingerprint density at radius 3 is 2.62 bits per heavy atom. The van der Waals surface area contributed by atoms with Gasteiger partial charge in [0.15, 0.2) is 0 Å². The molecule has 1 aliphatic heterocycles. The van der Waals surface area contributed by atoms with Crippen LogP contribution in [0.25, 0.3) is 6.08 Å². The molecule has 1 N–H and O–H groups in total. The molecular formula is C19H25N3O2. The van der Waals surface area contributed by atoms with Crippen LogP contribution >= 0.6 is 0 Å². The Morgan fingerprint density at radius 1 is 1.29 bits per heavy atom. The third-order valence-electron chi connectivity index (χ3n) is 4.10. The van der Waals surface area contributed by atoms with Crippen LogP contribution in [0, 0.1) is 11.3 Å². The molecule has 2 rings (SSSR count). The molecule has 0 aromatic heterocycles. The summed E-state index contributed by atoms with van der Waals surface area (Å²) < 4.78 is 4.93. The maximum absolute atomic E-state index is 12.0. The molecule has 1 fully saturated rings. The van der Waals surface area contributed by atoms with Crippen LogP contribution in [0.3, 0.4) is 0 Å². The van der Waals surface area contributed by atoms with E-state index in [2.05, 4.69) is 22.3 Å². The summed E-state index contributed by atoms with van der Waals surface area (Å²) in [6.07, 6.45) is 6.15. The summed E-state index contributed by atoms with van der Waals surface area (Å²) in [5.41, 5.74) is 2.19. The van der Waals surface area contributed by atoms with Crippen LogP contribution in [-0.4, -0.2) is 39.3 Å². The molecule has 1 saturated heterocycles. The highest BCUT2D eigenvalue weighted by molar-refractivity contribution is 6.01. The quantitative estimate of drug-likeness (QED) is 0.475.